The molecule has 11 nitrogen and oxygen atoms in total. The molecule has 7 rings (SSSR count). The molecule has 0 aromatic carbocycles. The van der Waals surface area contributed by atoms with Gasteiger partial charge in [0.05, 0.1) is 5.60 Å². The first-order valence-corrected chi connectivity index (χ1v) is 15.1. The molecule has 7 fully saturated rings. The summed E-state index contributed by atoms with van der Waals surface area (Å²) in [5.41, 5.74) is 7.63. The van der Waals surface area contributed by atoms with Crippen molar-refractivity contribution >= 4 is 29.5 Å². The predicted molar refractivity (Wildman–Crippen MR) is 143 cm³/mol. The molecule has 2 heterocycles. The lowest BCUT2D eigenvalue weighted by Gasteiger charge is -2.62. The largest absolute Gasteiger partial charge is 0.471 e. The van der Waals surface area contributed by atoms with Crippen LogP contribution in [0.2, 0.25) is 0 Å². The fraction of sp³-hybridized carbons (Fsp3) is 0.828. The highest BCUT2D eigenvalue weighted by molar-refractivity contribution is 5.96. The van der Waals surface area contributed by atoms with Crippen LogP contribution in [0.5, 0.6) is 0 Å². The highest BCUT2D eigenvalue weighted by atomic mass is 19.4. The third-order valence-corrected chi connectivity index (χ3v) is 12.2. The van der Waals surface area contributed by atoms with Crippen molar-refractivity contribution in [3.8, 4) is 0 Å². The molecule has 0 spiro atoms. The number of hydrogen-bond donors (Lipinski definition) is 5. The van der Waals surface area contributed by atoms with E-state index in [0.717, 1.165) is 11.3 Å². The zero-order valence-electron chi connectivity index (χ0n) is 24.3. The van der Waals surface area contributed by atoms with Gasteiger partial charge in [-0.05, 0) is 74.5 Å². The van der Waals surface area contributed by atoms with Gasteiger partial charge in [-0.2, -0.15) is 13.2 Å². The Morgan fingerprint density at radius 3 is 2.23 bits per heavy atom. The first-order chi connectivity index (χ1) is 19.9. The second-order valence-electron chi connectivity index (χ2n) is 14.9. The number of carbonyl (C=O) groups is 5. The molecule has 14 heteroatoms. The summed E-state index contributed by atoms with van der Waals surface area (Å²) in [5.74, 6) is -7.10. The molecule has 0 aromatic heterocycles. The van der Waals surface area contributed by atoms with Crippen molar-refractivity contribution in [1.82, 2.24) is 15.5 Å². The molecule has 2 saturated heterocycles. The maximum atomic E-state index is 14.5. The normalized spacial score (nSPS) is 41.8. The summed E-state index contributed by atoms with van der Waals surface area (Å²) in [6.45, 7) is 4.01. The van der Waals surface area contributed by atoms with Gasteiger partial charge in [0.15, 0.2) is 0 Å². The van der Waals surface area contributed by atoms with Crippen LogP contribution in [0.15, 0.2) is 0 Å². The van der Waals surface area contributed by atoms with E-state index in [1.807, 2.05) is 19.2 Å². The number of aliphatic hydroxyl groups is 1. The Bertz CT molecular complexity index is 1270. The molecular weight excluding hydrogens is 571 g/mol. The van der Waals surface area contributed by atoms with E-state index in [4.69, 9.17) is 11.5 Å². The van der Waals surface area contributed by atoms with E-state index in [-0.39, 0.29) is 37.1 Å². The fourth-order valence-corrected chi connectivity index (χ4v) is 11.1. The van der Waals surface area contributed by atoms with E-state index in [1.165, 1.54) is 0 Å². The first-order valence-electron chi connectivity index (χ1n) is 15.1. The van der Waals surface area contributed by atoms with Gasteiger partial charge in [0.25, 0.3) is 0 Å². The maximum Gasteiger partial charge on any atom is 0.471 e. The molecule has 7 N–H and O–H groups in total. The Balaban J connectivity index is 1.39. The van der Waals surface area contributed by atoms with Crippen molar-refractivity contribution in [2.75, 3.05) is 13.1 Å². The van der Waals surface area contributed by atoms with Crippen molar-refractivity contribution in [2.45, 2.75) is 89.1 Å². The predicted octanol–water partition coefficient (Wildman–Crippen LogP) is 0.331. The Morgan fingerprint density at radius 2 is 1.74 bits per heavy atom. The number of nitrogens with one attached hydrogen (secondary N) is 2. The number of piperidine rings is 1. The summed E-state index contributed by atoms with van der Waals surface area (Å²) < 4.78 is 40.8. The van der Waals surface area contributed by atoms with E-state index >= 15 is 0 Å². The number of nitrogens with zero attached hydrogens (tertiary/aromatic N) is 1. The van der Waals surface area contributed by atoms with Gasteiger partial charge in [-0.15, -0.1) is 0 Å². The Labute approximate surface area is 247 Å². The van der Waals surface area contributed by atoms with E-state index in [0.29, 0.717) is 38.6 Å². The molecule has 5 amide bonds. The molecular formula is C29H40F3N5O6. The van der Waals surface area contributed by atoms with Gasteiger partial charge in [0, 0.05) is 35.8 Å². The third kappa shape index (κ3) is 4.28. The Kier molecular flexibility index (Phi) is 6.52. The molecule has 0 aromatic rings. The molecule has 3 unspecified atom stereocenters. The number of nitrogens with two attached hydrogens (primary N) is 2. The van der Waals surface area contributed by atoms with Gasteiger partial charge in [-0.3, -0.25) is 24.0 Å². The molecule has 5 saturated carbocycles. The molecule has 43 heavy (non-hydrogen) atoms. The van der Waals surface area contributed by atoms with Crippen molar-refractivity contribution in [3.05, 3.63) is 0 Å². The minimum Gasteiger partial charge on any atom is -0.390 e. The summed E-state index contributed by atoms with van der Waals surface area (Å²) in [5, 5.41) is 16.0. The number of likely N-dealkylation sites (tertiary alicyclic amines) is 1. The number of rotatable bonds is 8. The van der Waals surface area contributed by atoms with Gasteiger partial charge < -0.3 is 32.1 Å². The van der Waals surface area contributed by atoms with E-state index < -0.39 is 81.5 Å². The molecule has 238 valence electrons. The Hall–Kier alpha value is -2.90. The highest BCUT2D eigenvalue weighted by Gasteiger charge is 2.84. The van der Waals surface area contributed by atoms with Gasteiger partial charge in [-0.25, -0.2) is 0 Å². The zero-order chi connectivity index (χ0) is 31.5. The lowest BCUT2D eigenvalue weighted by molar-refractivity contribution is -0.191. The lowest BCUT2D eigenvalue weighted by Crippen LogP contribution is -2.68. The summed E-state index contributed by atoms with van der Waals surface area (Å²) in [4.78, 5) is 66.8. The minimum atomic E-state index is -5.27. The summed E-state index contributed by atoms with van der Waals surface area (Å²) >= 11 is 0. The fourth-order valence-electron chi connectivity index (χ4n) is 11.1. The van der Waals surface area contributed by atoms with E-state index in [1.54, 1.807) is 0 Å². The van der Waals surface area contributed by atoms with Crippen LogP contribution in [-0.2, 0) is 24.0 Å². The highest BCUT2D eigenvalue weighted by Crippen LogP contribution is 2.79. The van der Waals surface area contributed by atoms with Crippen molar-refractivity contribution < 1.29 is 42.3 Å². The van der Waals surface area contributed by atoms with Gasteiger partial charge in [-0.1, -0.05) is 13.8 Å². The number of primary amides is 2. The zero-order valence-corrected chi connectivity index (χ0v) is 24.3. The number of amides is 5. The minimum absolute atomic E-state index is 0.00895. The van der Waals surface area contributed by atoms with Crippen LogP contribution < -0.4 is 22.1 Å². The summed E-state index contributed by atoms with van der Waals surface area (Å²) in [7, 11) is 0. The van der Waals surface area contributed by atoms with Crippen LogP contribution in [0.1, 0.15) is 65.2 Å². The third-order valence-electron chi connectivity index (χ3n) is 12.2. The second-order valence-corrected chi connectivity index (χ2v) is 14.9. The molecule has 8 atom stereocenters. The standard InChI is InChI=1S/C29H40F3N5O6/c1-25(2)17-11-37(19(21(34)39)28(17,25)16(20(33)38)6-15-3-4-35-22(15)40)23(41)18(36-24(42)29(30,31)32)26-7-13-5-14(8-26)10-27(43,9-13)12-26/h13-19,43H,3-12H2,1-2H3,(H2,33,38)(H2,34,39)(H,35,40)(H,36,42)/t13-,14-,15+,16+,17?,18+,19?,26?,27?,28?/m0/s1. The smallest absolute Gasteiger partial charge is 0.390 e. The van der Waals surface area contributed by atoms with Crippen LogP contribution in [0.25, 0.3) is 0 Å². The van der Waals surface area contributed by atoms with E-state index in [9.17, 15) is 42.3 Å². The van der Waals surface area contributed by atoms with Crippen LogP contribution in [-0.4, -0.2) is 76.5 Å². The topological polar surface area (TPSA) is 185 Å². The monoisotopic (exact) mass is 611 g/mol. The Morgan fingerprint density at radius 1 is 1.12 bits per heavy atom. The lowest BCUT2D eigenvalue weighted by atomic mass is 9.46. The van der Waals surface area contributed by atoms with Crippen LogP contribution in [0.3, 0.4) is 0 Å². The van der Waals surface area contributed by atoms with Gasteiger partial charge in [0.2, 0.25) is 23.6 Å². The number of hydrogen-bond acceptors (Lipinski definition) is 6. The summed E-state index contributed by atoms with van der Waals surface area (Å²) in [6.07, 6.45) is -2.22. The SMILES string of the molecule is CC1(C)C2CN(C(=O)[C@@H](NC(=O)C(F)(F)F)C34C[C@@H]5C[C@H](CC(O)(C5)C3)C4)C(C(N)=O)C21[C@H](C[C@H]1CCNC1=O)C(N)=O. The number of halogens is 3. The van der Waals surface area contributed by atoms with Gasteiger partial charge >= 0.3 is 12.1 Å². The van der Waals surface area contributed by atoms with Crippen LogP contribution >= 0.6 is 0 Å². The van der Waals surface area contributed by atoms with E-state index in [2.05, 4.69) is 5.32 Å². The molecule has 2 aliphatic heterocycles. The van der Waals surface area contributed by atoms with Crippen molar-refractivity contribution in [3.63, 3.8) is 0 Å². The van der Waals surface area contributed by atoms with Crippen molar-refractivity contribution in [2.24, 2.45) is 57.3 Å². The first kappa shape index (κ1) is 30.1. The molecule has 7 aliphatic rings. The number of fused-ring (bicyclic) bond motifs is 1. The summed E-state index contributed by atoms with van der Waals surface area (Å²) in [6, 6.07) is -3.06. The number of alkyl halides is 3. The second kappa shape index (κ2) is 9.31. The average molecular weight is 612 g/mol. The average Bonchev–Trinajstić information content (AvgIpc) is 3.21. The van der Waals surface area contributed by atoms with Gasteiger partial charge in [0.1, 0.15) is 12.1 Å². The van der Waals surface area contributed by atoms with Crippen molar-refractivity contribution in [1.29, 1.82) is 0 Å². The molecule has 4 bridgehead atoms. The molecule has 5 aliphatic carbocycles. The number of carbonyl (C=O) groups excluding carboxylic acids is 5. The maximum absolute atomic E-state index is 14.5. The molecule has 0 radical (unpaired) electrons. The van der Waals surface area contributed by atoms with Crippen LogP contribution in [0.4, 0.5) is 13.2 Å². The quantitative estimate of drug-likeness (QED) is 0.263. The van der Waals surface area contributed by atoms with Crippen LogP contribution in [0, 0.1) is 45.8 Å².